The van der Waals surface area contributed by atoms with E-state index in [9.17, 15) is 0 Å². The zero-order valence-corrected chi connectivity index (χ0v) is 20.8. The first-order chi connectivity index (χ1) is 14.1. The Balaban J connectivity index is 0.00000320. The van der Waals surface area contributed by atoms with Gasteiger partial charge in [0.05, 0.1) is 13.7 Å². The summed E-state index contributed by atoms with van der Waals surface area (Å²) in [5, 5.41) is 11.6. The fourth-order valence-corrected chi connectivity index (χ4v) is 3.61. The lowest BCUT2D eigenvalue weighted by molar-refractivity contribution is 0.392. The van der Waals surface area contributed by atoms with Crippen molar-refractivity contribution in [2.45, 2.75) is 65.0 Å². The molecule has 2 heterocycles. The van der Waals surface area contributed by atoms with Gasteiger partial charge in [-0.15, -0.1) is 24.0 Å². The Morgan fingerprint density at radius 1 is 1.30 bits per heavy atom. The van der Waals surface area contributed by atoms with Gasteiger partial charge in [-0.25, -0.2) is 9.67 Å². The molecule has 30 heavy (non-hydrogen) atoms. The van der Waals surface area contributed by atoms with Gasteiger partial charge < -0.3 is 15.4 Å². The topological polar surface area (TPSA) is 76.4 Å². The van der Waals surface area contributed by atoms with Gasteiger partial charge in [0.25, 0.3) is 0 Å². The Kier molecular flexibility index (Phi) is 9.87. The van der Waals surface area contributed by atoms with Crippen LogP contribution in [0.15, 0.2) is 29.3 Å². The SMILES string of the molecule is CCNC(=NCCC(C)c1ccc(OC)cc1)NC1CCc2nc(CC)nn2C1.I. The van der Waals surface area contributed by atoms with E-state index in [0.29, 0.717) is 12.0 Å². The Morgan fingerprint density at radius 2 is 2.07 bits per heavy atom. The van der Waals surface area contributed by atoms with E-state index in [1.807, 2.05) is 12.1 Å². The minimum atomic E-state index is 0. The molecule has 7 nitrogen and oxygen atoms in total. The molecule has 166 valence electrons. The van der Waals surface area contributed by atoms with Crippen LogP contribution in [0.4, 0.5) is 0 Å². The summed E-state index contributed by atoms with van der Waals surface area (Å²) < 4.78 is 7.29. The number of benzene rings is 1. The zero-order chi connectivity index (χ0) is 20.6. The molecule has 0 saturated heterocycles. The van der Waals surface area contributed by atoms with Gasteiger partial charge in [0, 0.05) is 32.0 Å². The number of aliphatic imine (C=N–C) groups is 1. The summed E-state index contributed by atoms with van der Waals surface area (Å²) in [6.07, 6.45) is 3.89. The number of methoxy groups -OCH3 is 1. The summed E-state index contributed by atoms with van der Waals surface area (Å²) in [4.78, 5) is 9.41. The van der Waals surface area contributed by atoms with E-state index < -0.39 is 0 Å². The van der Waals surface area contributed by atoms with Crippen molar-refractivity contribution in [3.05, 3.63) is 41.5 Å². The highest BCUT2D eigenvalue weighted by molar-refractivity contribution is 14.0. The quantitative estimate of drug-likeness (QED) is 0.313. The monoisotopic (exact) mass is 526 g/mol. The van der Waals surface area contributed by atoms with Gasteiger partial charge in [0.15, 0.2) is 11.8 Å². The van der Waals surface area contributed by atoms with Gasteiger partial charge in [-0.1, -0.05) is 26.0 Å². The number of rotatable bonds is 8. The maximum atomic E-state index is 5.24. The summed E-state index contributed by atoms with van der Waals surface area (Å²) in [6.45, 7) is 8.91. The Hall–Kier alpha value is -1.84. The molecule has 0 spiro atoms. The summed E-state index contributed by atoms with van der Waals surface area (Å²) >= 11 is 0. The first-order valence-electron chi connectivity index (χ1n) is 10.7. The number of aromatic nitrogens is 3. The predicted octanol–water partition coefficient (Wildman–Crippen LogP) is 3.53. The van der Waals surface area contributed by atoms with Crippen LogP contribution in [0.5, 0.6) is 5.75 Å². The zero-order valence-electron chi connectivity index (χ0n) is 18.5. The molecule has 0 amide bonds. The summed E-state index contributed by atoms with van der Waals surface area (Å²) in [5.74, 6) is 4.28. The Morgan fingerprint density at radius 3 is 2.73 bits per heavy atom. The number of aryl methyl sites for hydroxylation is 2. The smallest absolute Gasteiger partial charge is 0.191 e. The second-order valence-electron chi connectivity index (χ2n) is 7.58. The van der Waals surface area contributed by atoms with Gasteiger partial charge in [0.2, 0.25) is 0 Å². The Labute approximate surface area is 197 Å². The van der Waals surface area contributed by atoms with Crippen molar-refractivity contribution >= 4 is 29.9 Å². The highest BCUT2D eigenvalue weighted by Gasteiger charge is 2.22. The van der Waals surface area contributed by atoms with Crippen molar-refractivity contribution in [2.75, 3.05) is 20.2 Å². The van der Waals surface area contributed by atoms with Crippen LogP contribution < -0.4 is 15.4 Å². The number of guanidine groups is 1. The molecule has 2 unspecified atom stereocenters. The molecule has 0 fully saturated rings. The number of hydrogen-bond acceptors (Lipinski definition) is 4. The summed E-state index contributed by atoms with van der Waals surface area (Å²) in [6, 6.07) is 8.64. The second kappa shape index (κ2) is 12.1. The molecule has 0 saturated carbocycles. The summed E-state index contributed by atoms with van der Waals surface area (Å²) in [7, 11) is 1.70. The third kappa shape index (κ3) is 6.58. The third-order valence-electron chi connectivity index (χ3n) is 5.42. The molecule has 0 aliphatic carbocycles. The fourth-order valence-electron chi connectivity index (χ4n) is 3.61. The average molecular weight is 526 g/mol. The van der Waals surface area contributed by atoms with Crippen LogP contribution in [-0.2, 0) is 19.4 Å². The molecular weight excluding hydrogens is 491 g/mol. The van der Waals surface area contributed by atoms with E-state index in [4.69, 9.17) is 9.73 Å². The van der Waals surface area contributed by atoms with E-state index in [-0.39, 0.29) is 24.0 Å². The number of nitrogens with zero attached hydrogens (tertiary/aromatic N) is 4. The standard InChI is InChI=1S/C22H34N6O.HI/c1-5-20-26-21-12-9-18(15-28(21)27-20)25-22(23-6-2)24-14-13-16(3)17-7-10-19(29-4)11-8-17;/h7-8,10-11,16,18H,5-6,9,12-15H2,1-4H3,(H2,23,24,25);1H. The molecule has 0 bridgehead atoms. The molecule has 0 radical (unpaired) electrons. The molecule has 1 aromatic heterocycles. The van der Waals surface area contributed by atoms with Crippen LogP contribution in [0.2, 0.25) is 0 Å². The predicted molar refractivity (Wildman–Crippen MR) is 132 cm³/mol. The maximum absolute atomic E-state index is 5.24. The minimum absolute atomic E-state index is 0. The van der Waals surface area contributed by atoms with Crippen LogP contribution in [0.25, 0.3) is 0 Å². The molecule has 1 aromatic carbocycles. The molecule has 2 aromatic rings. The number of ether oxygens (including phenoxy) is 1. The highest BCUT2D eigenvalue weighted by atomic mass is 127. The van der Waals surface area contributed by atoms with Crippen molar-refractivity contribution in [3.8, 4) is 5.75 Å². The van der Waals surface area contributed by atoms with Crippen LogP contribution in [-0.4, -0.2) is 47.0 Å². The number of halogens is 1. The van der Waals surface area contributed by atoms with E-state index in [1.54, 1.807) is 7.11 Å². The van der Waals surface area contributed by atoms with Crippen molar-refractivity contribution in [3.63, 3.8) is 0 Å². The third-order valence-corrected chi connectivity index (χ3v) is 5.42. The molecular formula is C22H35IN6O. The van der Waals surface area contributed by atoms with Crippen molar-refractivity contribution in [1.82, 2.24) is 25.4 Å². The largest absolute Gasteiger partial charge is 0.497 e. The van der Waals surface area contributed by atoms with Gasteiger partial charge in [0.1, 0.15) is 11.6 Å². The minimum Gasteiger partial charge on any atom is -0.497 e. The number of fused-ring (bicyclic) bond motifs is 1. The molecule has 2 N–H and O–H groups in total. The van der Waals surface area contributed by atoms with Gasteiger partial charge >= 0.3 is 0 Å². The van der Waals surface area contributed by atoms with Gasteiger partial charge in [-0.3, -0.25) is 4.99 Å². The van der Waals surface area contributed by atoms with Gasteiger partial charge in [-0.05, 0) is 43.4 Å². The van der Waals surface area contributed by atoms with Crippen molar-refractivity contribution in [1.29, 1.82) is 0 Å². The molecule has 1 aliphatic heterocycles. The normalized spacial score (nSPS) is 16.9. The lowest BCUT2D eigenvalue weighted by Crippen LogP contribution is -2.47. The van der Waals surface area contributed by atoms with Gasteiger partial charge in [-0.2, -0.15) is 5.10 Å². The maximum Gasteiger partial charge on any atom is 0.191 e. The van der Waals surface area contributed by atoms with Crippen molar-refractivity contribution < 1.29 is 4.74 Å². The van der Waals surface area contributed by atoms with Crippen molar-refractivity contribution in [2.24, 2.45) is 4.99 Å². The molecule has 1 aliphatic rings. The van der Waals surface area contributed by atoms with E-state index >= 15 is 0 Å². The number of nitrogens with one attached hydrogen (secondary N) is 2. The molecule has 8 heteroatoms. The van der Waals surface area contributed by atoms with E-state index in [2.05, 4.69) is 58.3 Å². The van der Waals surface area contributed by atoms with E-state index in [1.165, 1.54) is 5.56 Å². The Bertz CT molecular complexity index is 804. The lowest BCUT2D eigenvalue weighted by atomic mass is 9.98. The lowest BCUT2D eigenvalue weighted by Gasteiger charge is -2.25. The first kappa shape index (κ1) is 24.4. The fraction of sp³-hybridized carbons (Fsp3) is 0.591. The summed E-state index contributed by atoms with van der Waals surface area (Å²) in [5.41, 5.74) is 1.32. The first-order valence-corrected chi connectivity index (χ1v) is 10.7. The van der Waals surface area contributed by atoms with Crippen LogP contribution >= 0.6 is 24.0 Å². The number of hydrogen-bond donors (Lipinski definition) is 2. The van der Waals surface area contributed by atoms with Crippen LogP contribution in [0.1, 0.15) is 56.7 Å². The highest BCUT2D eigenvalue weighted by Crippen LogP contribution is 2.21. The van der Waals surface area contributed by atoms with E-state index in [0.717, 1.165) is 68.7 Å². The second-order valence-corrected chi connectivity index (χ2v) is 7.58. The molecule has 3 rings (SSSR count). The van der Waals surface area contributed by atoms with Crippen LogP contribution in [0.3, 0.4) is 0 Å². The molecule has 2 atom stereocenters. The average Bonchev–Trinajstić information content (AvgIpc) is 3.16. The van der Waals surface area contributed by atoms with Crippen LogP contribution in [0, 0.1) is 0 Å².